The molecule has 0 bridgehead atoms. The maximum Gasteiger partial charge on any atom is 0.335 e. The van der Waals surface area contributed by atoms with Crippen LogP contribution in [0.1, 0.15) is 16.2 Å². The van der Waals surface area contributed by atoms with Crippen molar-refractivity contribution in [3.8, 4) is 16.9 Å². The van der Waals surface area contributed by atoms with Gasteiger partial charge >= 0.3 is 5.97 Å². The van der Waals surface area contributed by atoms with E-state index in [2.05, 4.69) is 36.6 Å². The molecule has 0 aliphatic rings. The number of rotatable bonds is 5. The van der Waals surface area contributed by atoms with E-state index in [0.29, 0.717) is 16.1 Å². The van der Waals surface area contributed by atoms with Crippen LogP contribution in [0.15, 0.2) is 52.3 Å². The average molecular weight is 470 g/mol. The lowest BCUT2D eigenvalue weighted by molar-refractivity contribution is 0.0697. The highest BCUT2D eigenvalue weighted by atomic mass is 79.9. The minimum Gasteiger partial charge on any atom is -0.497 e. The highest BCUT2D eigenvalue weighted by Gasteiger charge is 2.16. The highest BCUT2D eigenvalue weighted by molar-refractivity contribution is 9.10. The second-order valence-corrected chi connectivity index (χ2v) is 8.01. The van der Waals surface area contributed by atoms with Gasteiger partial charge in [-0.05, 0) is 58.7 Å². The molecule has 0 amide bonds. The van der Waals surface area contributed by atoms with Gasteiger partial charge in [-0.2, -0.15) is 0 Å². The Balaban J connectivity index is 1.81. The van der Waals surface area contributed by atoms with Gasteiger partial charge in [0.05, 0.1) is 23.7 Å². The van der Waals surface area contributed by atoms with Gasteiger partial charge in [0, 0.05) is 15.4 Å². The SMILES string of the molecule is COc1ccc(-c2csc3nc(C)nc(Nc4ccc(C(=O)O)cc4Br)c23)cc1. The second-order valence-electron chi connectivity index (χ2n) is 6.30. The zero-order valence-corrected chi connectivity index (χ0v) is 18.0. The summed E-state index contributed by atoms with van der Waals surface area (Å²) in [5.41, 5.74) is 2.99. The Morgan fingerprint density at radius 2 is 1.93 bits per heavy atom. The van der Waals surface area contributed by atoms with Gasteiger partial charge in [-0.15, -0.1) is 11.3 Å². The maximum atomic E-state index is 11.2. The van der Waals surface area contributed by atoms with Gasteiger partial charge in [0.2, 0.25) is 0 Å². The van der Waals surface area contributed by atoms with Crippen molar-refractivity contribution in [3.05, 3.63) is 63.7 Å². The fraction of sp³-hybridized carbons (Fsp3) is 0.0952. The van der Waals surface area contributed by atoms with E-state index in [1.54, 1.807) is 36.6 Å². The molecule has 29 heavy (non-hydrogen) atoms. The first-order chi connectivity index (χ1) is 14.0. The molecule has 0 atom stereocenters. The summed E-state index contributed by atoms with van der Waals surface area (Å²) in [5, 5.41) is 15.5. The minimum absolute atomic E-state index is 0.209. The smallest absolute Gasteiger partial charge is 0.335 e. The number of nitrogens with one attached hydrogen (secondary N) is 1. The monoisotopic (exact) mass is 469 g/mol. The first-order valence-corrected chi connectivity index (χ1v) is 10.3. The van der Waals surface area contributed by atoms with Crippen LogP contribution in [0.3, 0.4) is 0 Å². The number of carbonyl (C=O) groups is 1. The van der Waals surface area contributed by atoms with E-state index in [9.17, 15) is 9.90 Å². The lowest BCUT2D eigenvalue weighted by Crippen LogP contribution is -2.01. The van der Waals surface area contributed by atoms with Crippen LogP contribution >= 0.6 is 27.3 Å². The zero-order chi connectivity index (χ0) is 20.5. The predicted molar refractivity (Wildman–Crippen MR) is 119 cm³/mol. The van der Waals surface area contributed by atoms with Crippen molar-refractivity contribution >= 4 is 55.0 Å². The largest absolute Gasteiger partial charge is 0.497 e. The number of aromatic carboxylic acids is 1. The van der Waals surface area contributed by atoms with Gasteiger partial charge in [-0.3, -0.25) is 0 Å². The number of carboxylic acids is 1. The quantitative estimate of drug-likeness (QED) is 0.379. The Kier molecular flexibility index (Phi) is 5.21. The molecule has 0 aliphatic heterocycles. The Hall–Kier alpha value is -2.97. The average Bonchev–Trinajstić information content (AvgIpc) is 3.13. The van der Waals surface area contributed by atoms with Crippen LogP contribution in [0, 0.1) is 6.92 Å². The van der Waals surface area contributed by atoms with Crippen molar-refractivity contribution < 1.29 is 14.6 Å². The summed E-state index contributed by atoms with van der Waals surface area (Å²) in [6.45, 7) is 1.85. The molecule has 2 heterocycles. The van der Waals surface area contributed by atoms with E-state index in [-0.39, 0.29) is 5.56 Å². The number of aryl methyl sites for hydroxylation is 1. The first-order valence-electron chi connectivity index (χ1n) is 8.66. The molecule has 0 aliphatic carbocycles. The van der Waals surface area contributed by atoms with Crippen molar-refractivity contribution in [1.82, 2.24) is 9.97 Å². The number of hydrogen-bond acceptors (Lipinski definition) is 6. The van der Waals surface area contributed by atoms with Crippen LogP contribution in [0.25, 0.3) is 21.3 Å². The van der Waals surface area contributed by atoms with Crippen LogP contribution in [-0.4, -0.2) is 28.2 Å². The summed E-state index contributed by atoms with van der Waals surface area (Å²) in [4.78, 5) is 21.2. The van der Waals surface area contributed by atoms with Crippen LogP contribution in [-0.2, 0) is 0 Å². The van der Waals surface area contributed by atoms with E-state index < -0.39 is 5.97 Å². The Labute approximate surface area is 179 Å². The summed E-state index contributed by atoms with van der Waals surface area (Å²) in [5.74, 6) is 1.14. The molecule has 0 radical (unpaired) electrons. The fourth-order valence-corrected chi connectivity index (χ4v) is 4.47. The summed E-state index contributed by atoms with van der Waals surface area (Å²) in [6.07, 6.45) is 0. The van der Waals surface area contributed by atoms with Crippen LogP contribution in [0.5, 0.6) is 5.75 Å². The van der Waals surface area contributed by atoms with E-state index in [4.69, 9.17) is 4.74 Å². The number of benzene rings is 2. The third-order valence-corrected chi connectivity index (χ3v) is 5.94. The van der Waals surface area contributed by atoms with Gasteiger partial charge < -0.3 is 15.2 Å². The normalized spacial score (nSPS) is 10.9. The Morgan fingerprint density at radius 3 is 2.59 bits per heavy atom. The maximum absolute atomic E-state index is 11.2. The molecule has 2 aromatic heterocycles. The number of ether oxygens (including phenoxy) is 1. The van der Waals surface area contributed by atoms with Crippen molar-refractivity contribution in [3.63, 3.8) is 0 Å². The molecule has 0 saturated heterocycles. The molecule has 146 valence electrons. The van der Waals surface area contributed by atoms with Crippen molar-refractivity contribution in [2.45, 2.75) is 6.92 Å². The summed E-state index contributed by atoms with van der Waals surface area (Å²) in [7, 11) is 1.64. The molecule has 8 heteroatoms. The van der Waals surface area contributed by atoms with Crippen LogP contribution in [0.2, 0.25) is 0 Å². The number of anilines is 2. The van der Waals surface area contributed by atoms with Crippen molar-refractivity contribution in [2.75, 3.05) is 12.4 Å². The number of thiophene rings is 1. The molecule has 0 unspecified atom stereocenters. The predicted octanol–water partition coefficient (Wildman–Crippen LogP) is 5.88. The van der Waals surface area contributed by atoms with Gasteiger partial charge in [0.15, 0.2) is 0 Å². The minimum atomic E-state index is -0.975. The zero-order valence-electron chi connectivity index (χ0n) is 15.6. The lowest BCUT2D eigenvalue weighted by atomic mass is 10.1. The number of hydrogen-bond donors (Lipinski definition) is 2. The van der Waals surface area contributed by atoms with Crippen molar-refractivity contribution in [1.29, 1.82) is 0 Å². The molecular formula is C21H16BrN3O3S. The van der Waals surface area contributed by atoms with E-state index >= 15 is 0 Å². The second kappa shape index (κ2) is 7.81. The molecule has 4 aromatic rings. The van der Waals surface area contributed by atoms with Crippen LogP contribution < -0.4 is 10.1 Å². The Morgan fingerprint density at radius 1 is 1.17 bits per heavy atom. The summed E-state index contributed by atoms with van der Waals surface area (Å²) >= 11 is 5.00. The third-order valence-electron chi connectivity index (χ3n) is 4.42. The molecule has 0 spiro atoms. The van der Waals surface area contributed by atoms with Crippen molar-refractivity contribution in [2.24, 2.45) is 0 Å². The number of nitrogens with zero attached hydrogens (tertiary/aromatic N) is 2. The van der Waals surface area contributed by atoms with Gasteiger partial charge in [-0.25, -0.2) is 14.8 Å². The molecule has 2 aromatic carbocycles. The summed E-state index contributed by atoms with van der Waals surface area (Å²) < 4.78 is 5.89. The molecule has 0 fully saturated rings. The molecule has 0 saturated carbocycles. The molecule has 4 rings (SSSR count). The van der Waals surface area contributed by atoms with E-state index in [1.807, 2.05) is 31.2 Å². The van der Waals surface area contributed by atoms with Gasteiger partial charge in [0.25, 0.3) is 0 Å². The first kappa shape index (κ1) is 19.4. The highest BCUT2D eigenvalue weighted by Crippen LogP contribution is 2.39. The standard InChI is InChI=1S/C21H16BrN3O3S/c1-11-23-19(25-17-8-5-13(21(26)27)9-16(17)22)18-15(10-29-20(18)24-11)12-3-6-14(28-2)7-4-12/h3-10H,1-2H3,(H,26,27)(H,23,24,25). The molecule has 6 nitrogen and oxygen atoms in total. The fourth-order valence-electron chi connectivity index (χ4n) is 3.00. The lowest BCUT2D eigenvalue weighted by Gasteiger charge is -2.12. The number of carboxylic acid groups (broad SMARTS) is 1. The number of halogens is 1. The Bertz CT molecular complexity index is 1220. The number of aromatic nitrogens is 2. The molecule has 2 N–H and O–H groups in total. The summed E-state index contributed by atoms with van der Waals surface area (Å²) in [6, 6.07) is 12.7. The van der Waals surface area contributed by atoms with E-state index in [0.717, 1.165) is 32.8 Å². The topological polar surface area (TPSA) is 84.3 Å². The van der Waals surface area contributed by atoms with Gasteiger partial charge in [0.1, 0.15) is 22.2 Å². The number of fused-ring (bicyclic) bond motifs is 1. The van der Waals surface area contributed by atoms with Gasteiger partial charge in [-0.1, -0.05) is 12.1 Å². The van der Waals surface area contributed by atoms with Crippen LogP contribution in [0.4, 0.5) is 11.5 Å². The molecular weight excluding hydrogens is 454 g/mol. The third kappa shape index (κ3) is 3.81. The van der Waals surface area contributed by atoms with E-state index in [1.165, 1.54) is 0 Å². The number of methoxy groups -OCH3 is 1.